The number of hydrogen-bond donors (Lipinski definition) is 1. The van der Waals surface area contributed by atoms with Crippen LogP contribution in [-0.4, -0.2) is 37.7 Å². The standard InChI is InChI=1S/C17H19N5O2/c1-2-15-18-17(21-24-15)14-8-5-9-22(14)16(23)10-13-11-6-3-4-7-12(11)19-20-13/h3-4,6-7,14H,2,5,8-10H2,1H3,(H,19,20). The van der Waals surface area contributed by atoms with Gasteiger partial charge >= 0.3 is 0 Å². The Morgan fingerprint density at radius 3 is 3.12 bits per heavy atom. The monoisotopic (exact) mass is 325 g/mol. The van der Waals surface area contributed by atoms with Crippen LogP contribution in [0.15, 0.2) is 28.8 Å². The maximum atomic E-state index is 12.8. The van der Waals surface area contributed by atoms with E-state index >= 15 is 0 Å². The predicted octanol–water partition coefficient (Wildman–Crippen LogP) is 2.41. The van der Waals surface area contributed by atoms with E-state index in [-0.39, 0.29) is 11.9 Å². The Morgan fingerprint density at radius 1 is 1.42 bits per heavy atom. The maximum Gasteiger partial charge on any atom is 0.229 e. The van der Waals surface area contributed by atoms with E-state index in [1.807, 2.05) is 36.1 Å². The lowest BCUT2D eigenvalue weighted by Gasteiger charge is -2.22. The number of aromatic nitrogens is 4. The minimum absolute atomic E-state index is 0.0646. The molecule has 1 amide bonds. The van der Waals surface area contributed by atoms with Crippen molar-refractivity contribution >= 4 is 16.8 Å². The number of nitrogens with one attached hydrogen (secondary N) is 1. The summed E-state index contributed by atoms with van der Waals surface area (Å²) < 4.78 is 5.20. The van der Waals surface area contributed by atoms with E-state index in [2.05, 4.69) is 20.3 Å². The van der Waals surface area contributed by atoms with E-state index in [4.69, 9.17) is 4.52 Å². The molecular formula is C17H19N5O2. The molecule has 24 heavy (non-hydrogen) atoms. The molecule has 1 saturated heterocycles. The van der Waals surface area contributed by atoms with Gasteiger partial charge in [-0.25, -0.2) is 0 Å². The molecule has 7 nitrogen and oxygen atoms in total. The molecule has 0 saturated carbocycles. The van der Waals surface area contributed by atoms with E-state index in [1.165, 1.54) is 0 Å². The molecule has 7 heteroatoms. The lowest BCUT2D eigenvalue weighted by atomic mass is 10.1. The first-order valence-corrected chi connectivity index (χ1v) is 8.30. The van der Waals surface area contributed by atoms with Crippen LogP contribution in [0.5, 0.6) is 0 Å². The van der Waals surface area contributed by atoms with Crippen LogP contribution in [0.2, 0.25) is 0 Å². The van der Waals surface area contributed by atoms with Crippen molar-refractivity contribution in [3.05, 3.63) is 41.7 Å². The van der Waals surface area contributed by atoms with Gasteiger partial charge in [-0.1, -0.05) is 30.3 Å². The van der Waals surface area contributed by atoms with Crippen LogP contribution in [-0.2, 0) is 17.6 Å². The zero-order valence-electron chi connectivity index (χ0n) is 13.5. The molecule has 1 fully saturated rings. The number of aryl methyl sites for hydroxylation is 1. The Labute approximate surface area is 139 Å². The molecule has 1 atom stereocenters. The predicted molar refractivity (Wildman–Crippen MR) is 87.2 cm³/mol. The maximum absolute atomic E-state index is 12.8. The van der Waals surface area contributed by atoms with Gasteiger partial charge in [0.1, 0.15) is 0 Å². The highest BCUT2D eigenvalue weighted by atomic mass is 16.5. The summed E-state index contributed by atoms with van der Waals surface area (Å²) in [4.78, 5) is 19.1. The molecule has 1 aliphatic heterocycles. The summed E-state index contributed by atoms with van der Waals surface area (Å²) in [6.45, 7) is 2.70. The number of H-pyrrole nitrogens is 1. The second-order valence-electron chi connectivity index (χ2n) is 6.04. The fourth-order valence-electron chi connectivity index (χ4n) is 3.28. The third-order valence-electron chi connectivity index (χ3n) is 4.53. The average molecular weight is 325 g/mol. The second kappa shape index (κ2) is 6.07. The Bertz CT molecular complexity index is 869. The van der Waals surface area contributed by atoms with E-state index in [0.717, 1.165) is 36.0 Å². The van der Waals surface area contributed by atoms with Gasteiger partial charge in [0.05, 0.1) is 23.7 Å². The molecule has 0 bridgehead atoms. The number of nitrogens with zero attached hydrogens (tertiary/aromatic N) is 4. The van der Waals surface area contributed by atoms with Crippen molar-refractivity contribution in [1.82, 2.24) is 25.2 Å². The van der Waals surface area contributed by atoms with Gasteiger partial charge in [0.25, 0.3) is 0 Å². The number of benzene rings is 1. The first kappa shape index (κ1) is 14.9. The first-order chi connectivity index (χ1) is 11.8. The van der Waals surface area contributed by atoms with Crippen molar-refractivity contribution in [2.45, 2.75) is 38.6 Å². The van der Waals surface area contributed by atoms with Gasteiger partial charge in [0, 0.05) is 18.4 Å². The molecule has 124 valence electrons. The fourth-order valence-corrected chi connectivity index (χ4v) is 3.28. The van der Waals surface area contributed by atoms with Crippen molar-refractivity contribution in [2.24, 2.45) is 0 Å². The summed E-state index contributed by atoms with van der Waals surface area (Å²) >= 11 is 0. The Kier molecular flexibility index (Phi) is 3.76. The number of aromatic amines is 1. The number of hydrogen-bond acceptors (Lipinski definition) is 5. The van der Waals surface area contributed by atoms with Crippen molar-refractivity contribution in [1.29, 1.82) is 0 Å². The topological polar surface area (TPSA) is 87.9 Å². The summed E-state index contributed by atoms with van der Waals surface area (Å²) in [6, 6.07) is 7.72. The van der Waals surface area contributed by atoms with Crippen molar-refractivity contribution in [3.8, 4) is 0 Å². The first-order valence-electron chi connectivity index (χ1n) is 8.30. The van der Waals surface area contributed by atoms with E-state index in [9.17, 15) is 4.79 Å². The number of amides is 1. The Morgan fingerprint density at radius 2 is 2.29 bits per heavy atom. The SMILES string of the molecule is CCc1nc(C2CCCN2C(=O)Cc2[nH]nc3ccccc23)no1. The van der Waals surface area contributed by atoms with Gasteiger partial charge in [-0.15, -0.1) is 0 Å². The van der Waals surface area contributed by atoms with Gasteiger partial charge in [0.2, 0.25) is 11.8 Å². The molecule has 3 aromatic rings. The van der Waals surface area contributed by atoms with Gasteiger partial charge in [-0.3, -0.25) is 9.89 Å². The lowest BCUT2D eigenvalue weighted by molar-refractivity contribution is -0.131. The second-order valence-corrected chi connectivity index (χ2v) is 6.04. The van der Waals surface area contributed by atoms with Crippen molar-refractivity contribution in [3.63, 3.8) is 0 Å². The molecular weight excluding hydrogens is 306 g/mol. The van der Waals surface area contributed by atoms with Crippen LogP contribution in [0.3, 0.4) is 0 Å². The number of rotatable bonds is 4. The van der Waals surface area contributed by atoms with Crippen LogP contribution in [0, 0.1) is 0 Å². The molecule has 1 N–H and O–H groups in total. The molecule has 0 aliphatic carbocycles. The number of para-hydroxylation sites is 1. The summed E-state index contributed by atoms with van der Waals surface area (Å²) in [5.74, 6) is 1.30. The quantitative estimate of drug-likeness (QED) is 0.796. The number of likely N-dealkylation sites (tertiary alicyclic amines) is 1. The van der Waals surface area contributed by atoms with Crippen molar-refractivity contribution < 1.29 is 9.32 Å². The van der Waals surface area contributed by atoms with Crippen molar-refractivity contribution in [2.75, 3.05) is 6.54 Å². The van der Waals surface area contributed by atoms with Crippen LogP contribution in [0.1, 0.15) is 43.2 Å². The average Bonchev–Trinajstić information content (AvgIpc) is 3.34. The van der Waals surface area contributed by atoms with Gasteiger partial charge < -0.3 is 9.42 Å². The third kappa shape index (κ3) is 2.55. The van der Waals surface area contributed by atoms with E-state index in [0.29, 0.717) is 24.6 Å². The molecule has 0 radical (unpaired) electrons. The van der Waals surface area contributed by atoms with E-state index < -0.39 is 0 Å². The van der Waals surface area contributed by atoms with Crippen LogP contribution < -0.4 is 0 Å². The number of carbonyl (C=O) groups excluding carboxylic acids is 1. The molecule has 1 unspecified atom stereocenters. The summed E-state index contributed by atoms with van der Waals surface area (Å²) in [7, 11) is 0. The smallest absolute Gasteiger partial charge is 0.229 e. The van der Waals surface area contributed by atoms with Gasteiger partial charge in [-0.05, 0) is 18.9 Å². The largest absolute Gasteiger partial charge is 0.339 e. The van der Waals surface area contributed by atoms with Crippen LogP contribution in [0.4, 0.5) is 0 Å². The zero-order valence-corrected chi connectivity index (χ0v) is 13.5. The van der Waals surface area contributed by atoms with Crippen LogP contribution in [0.25, 0.3) is 10.9 Å². The molecule has 2 aromatic heterocycles. The highest BCUT2D eigenvalue weighted by molar-refractivity contribution is 5.87. The summed E-state index contributed by atoms with van der Waals surface area (Å²) in [5, 5.41) is 12.3. The zero-order chi connectivity index (χ0) is 16.5. The normalized spacial score (nSPS) is 17.7. The summed E-state index contributed by atoms with van der Waals surface area (Å²) in [6.07, 6.45) is 2.83. The van der Waals surface area contributed by atoms with E-state index in [1.54, 1.807) is 0 Å². The molecule has 1 aromatic carbocycles. The third-order valence-corrected chi connectivity index (χ3v) is 4.53. The fraction of sp³-hybridized carbons (Fsp3) is 0.412. The number of fused-ring (bicyclic) bond motifs is 1. The molecule has 3 heterocycles. The Balaban J connectivity index is 1.54. The summed E-state index contributed by atoms with van der Waals surface area (Å²) in [5.41, 5.74) is 1.73. The minimum Gasteiger partial charge on any atom is -0.339 e. The highest BCUT2D eigenvalue weighted by Crippen LogP contribution is 2.31. The molecule has 4 rings (SSSR count). The highest BCUT2D eigenvalue weighted by Gasteiger charge is 2.33. The minimum atomic E-state index is -0.0873. The van der Waals surface area contributed by atoms with Gasteiger partial charge in [0.15, 0.2) is 5.82 Å². The Hall–Kier alpha value is -2.70. The van der Waals surface area contributed by atoms with Gasteiger partial charge in [-0.2, -0.15) is 10.1 Å². The van der Waals surface area contributed by atoms with Crippen LogP contribution >= 0.6 is 0 Å². The molecule has 0 spiro atoms. The number of carbonyl (C=O) groups is 1. The molecule has 1 aliphatic rings. The lowest BCUT2D eigenvalue weighted by Crippen LogP contribution is -2.32.